The number of carboxylic acids is 1. The molecule has 0 aliphatic rings. The summed E-state index contributed by atoms with van der Waals surface area (Å²) in [6.07, 6.45) is 4.33. The Labute approximate surface area is 167 Å². The molecule has 158 valence electrons. The number of hydrogen-bond acceptors (Lipinski definition) is 6. The van der Waals surface area contributed by atoms with Crippen LogP contribution in [0.15, 0.2) is 0 Å². The third-order valence-electron chi connectivity index (χ3n) is 4.18. The molecule has 0 saturated heterocycles. The molecule has 8 nitrogen and oxygen atoms in total. The standard InChI is InChI=1S/C18H36N4O4S/c1-12(2)15(21-16(23)13(19)9-11-27-5)17(24)20-14(18(25)26)8-6-7-10-22(3)4/h12-15H,6-11,19H2,1-5H3,(H,20,24)(H,21,23)(H,25,26)/t13-,14-,15-/m0/s1. The molecule has 0 bridgehead atoms. The highest BCUT2D eigenvalue weighted by Crippen LogP contribution is 2.07. The Kier molecular flexibility index (Phi) is 13.1. The molecule has 0 aromatic heterocycles. The molecular formula is C18H36N4O4S. The van der Waals surface area contributed by atoms with Crippen LogP contribution in [0.1, 0.15) is 39.5 Å². The van der Waals surface area contributed by atoms with E-state index in [1.807, 2.05) is 25.3 Å². The maximum absolute atomic E-state index is 12.6. The number of carboxylic acid groups (broad SMARTS) is 1. The Morgan fingerprint density at radius 2 is 1.70 bits per heavy atom. The van der Waals surface area contributed by atoms with E-state index in [2.05, 4.69) is 10.6 Å². The van der Waals surface area contributed by atoms with Crippen molar-refractivity contribution in [3.63, 3.8) is 0 Å². The molecule has 0 radical (unpaired) electrons. The fourth-order valence-corrected chi connectivity index (χ4v) is 2.96. The average molecular weight is 405 g/mol. The molecule has 0 aliphatic heterocycles. The lowest BCUT2D eigenvalue weighted by Gasteiger charge is -2.25. The number of nitrogens with zero attached hydrogens (tertiary/aromatic N) is 1. The first-order valence-corrected chi connectivity index (χ1v) is 10.7. The van der Waals surface area contributed by atoms with Crippen LogP contribution in [0.4, 0.5) is 0 Å². The lowest BCUT2D eigenvalue weighted by molar-refractivity contribution is -0.142. The molecule has 5 N–H and O–H groups in total. The maximum Gasteiger partial charge on any atom is 0.326 e. The van der Waals surface area contributed by atoms with Gasteiger partial charge in [-0.1, -0.05) is 13.8 Å². The van der Waals surface area contributed by atoms with E-state index in [1.165, 1.54) is 0 Å². The van der Waals surface area contributed by atoms with E-state index in [1.54, 1.807) is 25.6 Å². The van der Waals surface area contributed by atoms with Crippen molar-refractivity contribution in [1.82, 2.24) is 15.5 Å². The van der Waals surface area contributed by atoms with Crippen LogP contribution in [-0.2, 0) is 14.4 Å². The lowest BCUT2D eigenvalue weighted by Crippen LogP contribution is -2.56. The average Bonchev–Trinajstić information content (AvgIpc) is 2.58. The van der Waals surface area contributed by atoms with Crippen LogP contribution < -0.4 is 16.4 Å². The van der Waals surface area contributed by atoms with Gasteiger partial charge in [0.1, 0.15) is 12.1 Å². The summed E-state index contributed by atoms with van der Waals surface area (Å²) >= 11 is 1.59. The van der Waals surface area contributed by atoms with Crippen LogP contribution in [0, 0.1) is 5.92 Å². The van der Waals surface area contributed by atoms with Crippen LogP contribution in [0.25, 0.3) is 0 Å². The third kappa shape index (κ3) is 11.2. The van der Waals surface area contributed by atoms with Gasteiger partial charge in [-0.05, 0) is 64.2 Å². The summed E-state index contributed by atoms with van der Waals surface area (Å²) in [7, 11) is 3.91. The van der Waals surface area contributed by atoms with E-state index in [4.69, 9.17) is 5.73 Å². The van der Waals surface area contributed by atoms with E-state index in [0.29, 0.717) is 19.3 Å². The Bertz CT molecular complexity index is 474. The highest BCUT2D eigenvalue weighted by Gasteiger charge is 2.29. The minimum Gasteiger partial charge on any atom is -0.480 e. The zero-order valence-corrected chi connectivity index (χ0v) is 18.0. The predicted octanol–water partition coefficient (Wildman–Crippen LogP) is 0.509. The Hall–Kier alpha value is -1.32. The minimum atomic E-state index is -1.07. The van der Waals surface area contributed by atoms with E-state index in [0.717, 1.165) is 18.7 Å². The Balaban J connectivity index is 4.77. The quantitative estimate of drug-likeness (QED) is 0.311. The molecule has 9 heteroatoms. The topological polar surface area (TPSA) is 125 Å². The van der Waals surface area contributed by atoms with Gasteiger partial charge in [-0.2, -0.15) is 11.8 Å². The molecule has 0 unspecified atom stereocenters. The number of nitrogens with one attached hydrogen (secondary N) is 2. The van der Waals surface area contributed by atoms with Crippen LogP contribution in [0.2, 0.25) is 0 Å². The number of aliphatic carboxylic acids is 1. The number of amides is 2. The summed E-state index contributed by atoms with van der Waals surface area (Å²) in [5.41, 5.74) is 5.85. The Morgan fingerprint density at radius 1 is 1.07 bits per heavy atom. The molecule has 0 aliphatic carbocycles. The third-order valence-corrected chi connectivity index (χ3v) is 4.82. The fraction of sp³-hybridized carbons (Fsp3) is 0.833. The molecule has 0 rings (SSSR count). The first kappa shape index (κ1) is 25.7. The van der Waals surface area contributed by atoms with Crippen LogP contribution in [0.3, 0.4) is 0 Å². The molecule has 2 amide bonds. The summed E-state index contributed by atoms with van der Waals surface area (Å²) in [6.45, 7) is 4.45. The van der Waals surface area contributed by atoms with Crippen LogP contribution >= 0.6 is 11.8 Å². The van der Waals surface area contributed by atoms with Crippen molar-refractivity contribution >= 4 is 29.5 Å². The molecule has 0 aromatic carbocycles. The van der Waals surface area contributed by atoms with E-state index >= 15 is 0 Å². The number of thioether (sulfide) groups is 1. The second kappa shape index (κ2) is 13.8. The van der Waals surface area contributed by atoms with Crippen molar-refractivity contribution in [2.24, 2.45) is 11.7 Å². The van der Waals surface area contributed by atoms with Crippen molar-refractivity contribution in [2.75, 3.05) is 32.6 Å². The number of carbonyl (C=O) groups excluding carboxylic acids is 2. The van der Waals surface area contributed by atoms with Gasteiger partial charge in [-0.25, -0.2) is 4.79 Å². The number of unbranched alkanes of at least 4 members (excludes halogenated alkanes) is 1. The second-order valence-corrected chi connectivity index (χ2v) is 8.30. The van der Waals surface area contributed by atoms with Gasteiger partial charge in [0.25, 0.3) is 0 Å². The first-order valence-electron chi connectivity index (χ1n) is 9.32. The number of nitrogens with two attached hydrogens (primary N) is 1. The van der Waals surface area contributed by atoms with Gasteiger partial charge in [0.05, 0.1) is 6.04 Å². The first-order chi connectivity index (χ1) is 12.6. The summed E-state index contributed by atoms with van der Waals surface area (Å²) < 4.78 is 0. The van der Waals surface area contributed by atoms with Gasteiger partial charge in [-0.15, -0.1) is 0 Å². The van der Waals surface area contributed by atoms with Gasteiger partial charge in [0, 0.05) is 0 Å². The molecular weight excluding hydrogens is 368 g/mol. The van der Waals surface area contributed by atoms with Gasteiger partial charge in [-0.3, -0.25) is 9.59 Å². The van der Waals surface area contributed by atoms with Crippen LogP contribution in [0.5, 0.6) is 0 Å². The van der Waals surface area contributed by atoms with Crippen LogP contribution in [-0.4, -0.2) is 78.6 Å². The van der Waals surface area contributed by atoms with Crippen molar-refractivity contribution in [2.45, 2.75) is 57.7 Å². The molecule has 3 atom stereocenters. The molecule has 0 spiro atoms. The Morgan fingerprint density at radius 3 is 2.19 bits per heavy atom. The van der Waals surface area contributed by atoms with Gasteiger partial charge in [0.15, 0.2) is 0 Å². The summed E-state index contributed by atoms with van der Waals surface area (Å²) in [5.74, 6) is -1.39. The van der Waals surface area contributed by atoms with Crippen molar-refractivity contribution in [3.05, 3.63) is 0 Å². The highest BCUT2D eigenvalue weighted by atomic mass is 32.2. The number of hydrogen-bond donors (Lipinski definition) is 4. The highest BCUT2D eigenvalue weighted by molar-refractivity contribution is 7.98. The largest absolute Gasteiger partial charge is 0.480 e. The molecule has 0 saturated carbocycles. The smallest absolute Gasteiger partial charge is 0.326 e. The van der Waals surface area contributed by atoms with Crippen molar-refractivity contribution in [3.8, 4) is 0 Å². The second-order valence-electron chi connectivity index (χ2n) is 7.32. The molecule has 0 fully saturated rings. The zero-order chi connectivity index (χ0) is 21.0. The predicted molar refractivity (Wildman–Crippen MR) is 110 cm³/mol. The van der Waals surface area contributed by atoms with Gasteiger partial charge in [0.2, 0.25) is 11.8 Å². The van der Waals surface area contributed by atoms with Gasteiger partial charge < -0.3 is 26.4 Å². The van der Waals surface area contributed by atoms with Gasteiger partial charge >= 0.3 is 5.97 Å². The lowest BCUT2D eigenvalue weighted by atomic mass is 10.0. The normalized spacial score (nSPS) is 14.7. The molecule has 0 heterocycles. The van der Waals surface area contributed by atoms with E-state index in [9.17, 15) is 19.5 Å². The summed E-state index contributed by atoms with van der Waals surface area (Å²) in [4.78, 5) is 38.3. The number of carbonyl (C=O) groups is 3. The SMILES string of the molecule is CSCC[C@H](N)C(=O)N[C@H](C(=O)N[C@@H](CCCCN(C)C)C(=O)O)C(C)C. The van der Waals surface area contributed by atoms with Crippen molar-refractivity contribution < 1.29 is 19.5 Å². The summed E-state index contributed by atoms with van der Waals surface area (Å²) in [6, 6.07) is -2.47. The van der Waals surface area contributed by atoms with E-state index in [-0.39, 0.29) is 5.92 Å². The summed E-state index contributed by atoms with van der Waals surface area (Å²) in [5, 5.41) is 14.6. The molecule has 27 heavy (non-hydrogen) atoms. The number of rotatable bonds is 14. The molecule has 0 aromatic rings. The fourth-order valence-electron chi connectivity index (χ4n) is 2.47. The minimum absolute atomic E-state index is 0.190. The monoisotopic (exact) mass is 404 g/mol. The zero-order valence-electron chi connectivity index (χ0n) is 17.2. The van der Waals surface area contributed by atoms with Crippen molar-refractivity contribution in [1.29, 1.82) is 0 Å². The van der Waals surface area contributed by atoms with E-state index < -0.39 is 35.9 Å². The maximum atomic E-state index is 12.6.